The van der Waals surface area contributed by atoms with Crippen LogP contribution in [0, 0.1) is 12.3 Å². The largest absolute Gasteiger partial charge is 0.472 e. The standard InChI is InChI=1S/C30H34N4O5/c1-6-34-24-8-7-21(16-25(24)31(5)28(36)30(3,4)29(34)37)17-32(18-22-10-14-38-19-22)12-13-33-11-9-26-23(27(33)35)15-20(2)39-26/h7-11,14-16,19H,6,12-13,17-18H2,1-5H3. The van der Waals surface area contributed by atoms with E-state index in [0.717, 1.165) is 16.8 Å². The number of furan rings is 2. The Morgan fingerprint density at radius 2 is 1.72 bits per heavy atom. The van der Waals surface area contributed by atoms with E-state index < -0.39 is 5.41 Å². The topological polar surface area (TPSA) is 92.1 Å². The van der Waals surface area contributed by atoms with Crippen molar-refractivity contribution >= 4 is 34.2 Å². The number of aryl methyl sites for hydroxylation is 1. The van der Waals surface area contributed by atoms with Gasteiger partial charge in [-0.15, -0.1) is 0 Å². The second-order valence-corrected chi connectivity index (χ2v) is 10.7. The molecule has 0 fully saturated rings. The lowest BCUT2D eigenvalue weighted by Crippen LogP contribution is -2.47. The van der Waals surface area contributed by atoms with Gasteiger partial charge in [0.1, 0.15) is 16.8 Å². The first-order valence-corrected chi connectivity index (χ1v) is 13.2. The number of aromatic nitrogens is 1. The third-order valence-corrected chi connectivity index (χ3v) is 7.46. The summed E-state index contributed by atoms with van der Waals surface area (Å²) in [5.74, 6) is 0.270. The predicted octanol–water partition coefficient (Wildman–Crippen LogP) is 4.55. The summed E-state index contributed by atoms with van der Waals surface area (Å²) in [6.07, 6.45) is 5.13. The molecule has 5 rings (SSSR count). The first-order chi connectivity index (χ1) is 18.6. The summed E-state index contributed by atoms with van der Waals surface area (Å²) in [6.45, 7) is 9.87. The molecule has 0 N–H and O–H groups in total. The van der Waals surface area contributed by atoms with Crippen LogP contribution in [0.1, 0.15) is 37.7 Å². The van der Waals surface area contributed by atoms with Gasteiger partial charge < -0.3 is 23.2 Å². The summed E-state index contributed by atoms with van der Waals surface area (Å²) in [7, 11) is 1.72. The third-order valence-electron chi connectivity index (χ3n) is 7.46. The summed E-state index contributed by atoms with van der Waals surface area (Å²) < 4.78 is 12.6. The van der Waals surface area contributed by atoms with Gasteiger partial charge in [-0.1, -0.05) is 6.07 Å². The predicted molar refractivity (Wildman–Crippen MR) is 150 cm³/mol. The molecule has 2 amide bonds. The Balaban J connectivity index is 1.43. The molecule has 204 valence electrons. The average molecular weight is 531 g/mol. The molecule has 0 unspecified atom stereocenters. The van der Waals surface area contributed by atoms with Gasteiger partial charge in [0.05, 0.1) is 29.3 Å². The van der Waals surface area contributed by atoms with Crippen molar-refractivity contribution in [3.8, 4) is 0 Å². The van der Waals surface area contributed by atoms with Gasteiger partial charge in [-0.25, -0.2) is 0 Å². The van der Waals surface area contributed by atoms with E-state index in [2.05, 4.69) is 4.90 Å². The van der Waals surface area contributed by atoms with Crippen molar-refractivity contribution in [3.05, 3.63) is 82.4 Å². The van der Waals surface area contributed by atoms with Gasteiger partial charge in [-0.05, 0) is 63.6 Å². The summed E-state index contributed by atoms with van der Waals surface area (Å²) in [4.78, 5) is 45.0. The second-order valence-electron chi connectivity index (χ2n) is 10.7. The van der Waals surface area contributed by atoms with Crippen molar-refractivity contribution in [1.29, 1.82) is 0 Å². The zero-order valence-corrected chi connectivity index (χ0v) is 23.1. The van der Waals surface area contributed by atoms with Crippen molar-refractivity contribution in [3.63, 3.8) is 0 Å². The van der Waals surface area contributed by atoms with Gasteiger partial charge in [0.25, 0.3) is 5.56 Å². The number of carbonyl (C=O) groups is 2. The molecule has 0 aliphatic carbocycles. The van der Waals surface area contributed by atoms with Gasteiger partial charge in [0, 0.05) is 51.5 Å². The highest BCUT2D eigenvalue weighted by molar-refractivity contribution is 6.19. The lowest BCUT2D eigenvalue weighted by molar-refractivity contribution is -0.137. The van der Waals surface area contributed by atoms with E-state index in [4.69, 9.17) is 8.83 Å². The van der Waals surface area contributed by atoms with E-state index >= 15 is 0 Å². The van der Waals surface area contributed by atoms with Crippen molar-refractivity contribution in [2.75, 3.05) is 29.9 Å². The zero-order valence-electron chi connectivity index (χ0n) is 23.1. The molecule has 0 saturated carbocycles. The monoisotopic (exact) mass is 530 g/mol. The number of hydrogen-bond donors (Lipinski definition) is 0. The molecule has 9 nitrogen and oxygen atoms in total. The molecule has 4 heterocycles. The van der Waals surface area contributed by atoms with E-state index in [0.29, 0.717) is 55.1 Å². The molecule has 3 aromatic heterocycles. The van der Waals surface area contributed by atoms with Crippen molar-refractivity contribution in [1.82, 2.24) is 9.47 Å². The number of anilines is 2. The Morgan fingerprint density at radius 1 is 0.949 bits per heavy atom. The van der Waals surface area contributed by atoms with Crippen LogP contribution in [0.15, 0.2) is 68.8 Å². The maximum absolute atomic E-state index is 13.3. The Labute approximate surface area is 227 Å². The number of carbonyl (C=O) groups excluding carboxylic acids is 2. The van der Waals surface area contributed by atoms with Gasteiger partial charge in [-0.2, -0.15) is 0 Å². The van der Waals surface area contributed by atoms with Gasteiger partial charge in [0.2, 0.25) is 11.8 Å². The fraction of sp³-hybridized carbons (Fsp3) is 0.367. The normalized spacial score (nSPS) is 15.3. The average Bonchev–Trinajstić information content (AvgIpc) is 3.56. The molecule has 1 aromatic carbocycles. The maximum Gasteiger partial charge on any atom is 0.261 e. The lowest BCUT2D eigenvalue weighted by atomic mass is 9.90. The van der Waals surface area contributed by atoms with Crippen molar-refractivity contribution in [2.45, 2.75) is 47.3 Å². The van der Waals surface area contributed by atoms with E-state index in [1.807, 2.05) is 44.2 Å². The number of amides is 2. The number of rotatable bonds is 8. The number of benzene rings is 1. The van der Waals surface area contributed by atoms with Crippen LogP contribution in [0.2, 0.25) is 0 Å². The van der Waals surface area contributed by atoms with Crippen LogP contribution in [0.4, 0.5) is 11.4 Å². The molecular formula is C30H34N4O5. The van der Waals surface area contributed by atoms with Crippen LogP contribution in [-0.2, 0) is 29.2 Å². The molecule has 4 aromatic rings. The van der Waals surface area contributed by atoms with Gasteiger partial charge in [-0.3, -0.25) is 19.3 Å². The number of fused-ring (bicyclic) bond motifs is 2. The fourth-order valence-corrected chi connectivity index (χ4v) is 5.29. The van der Waals surface area contributed by atoms with Crippen LogP contribution in [-0.4, -0.2) is 41.4 Å². The highest BCUT2D eigenvalue weighted by Crippen LogP contribution is 2.39. The van der Waals surface area contributed by atoms with Gasteiger partial charge in [0.15, 0.2) is 0 Å². The molecule has 0 saturated heterocycles. The second kappa shape index (κ2) is 10.2. The highest BCUT2D eigenvalue weighted by Gasteiger charge is 2.45. The van der Waals surface area contributed by atoms with Crippen molar-refractivity contribution < 1.29 is 18.4 Å². The SMILES string of the molecule is CCN1C(=O)C(C)(C)C(=O)N(C)c2cc(CN(CCn3ccc4oc(C)cc4c3=O)Cc3ccoc3)ccc21. The van der Waals surface area contributed by atoms with E-state index in [9.17, 15) is 14.4 Å². The van der Waals surface area contributed by atoms with Crippen LogP contribution in [0.3, 0.4) is 0 Å². The van der Waals surface area contributed by atoms with E-state index in [1.54, 1.807) is 60.1 Å². The summed E-state index contributed by atoms with van der Waals surface area (Å²) in [5, 5.41) is 0.577. The summed E-state index contributed by atoms with van der Waals surface area (Å²) in [5.41, 5.74) is 2.81. The van der Waals surface area contributed by atoms with Crippen LogP contribution >= 0.6 is 0 Å². The third kappa shape index (κ3) is 4.90. The maximum atomic E-state index is 13.3. The highest BCUT2D eigenvalue weighted by atomic mass is 16.3. The Hall–Kier alpha value is -4.11. The van der Waals surface area contributed by atoms with Crippen molar-refractivity contribution in [2.24, 2.45) is 5.41 Å². The lowest BCUT2D eigenvalue weighted by Gasteiger charge is -2.27. The molecule has 39 heavy (non-hydrogen) atoms. The van der Waals surface area contributed by atoms with E-state index in [-0.39, 0.29) is 17.4 Å². The van der Waals surface area contributed by atoms with Gasteiger partial charge >= 0.3 is 0 Å². The van der Waals surface area contributed by atoms with E-state index in [1.165, 1.54) is 0 Å². The molecular weight excluding hydrogens is 496 g/mol. The minimum atomic E-state index is -1.15. The first kappa shape index (κ1) is 26.5. The zero-order chi connectivity index (χ0) is 27.9. The minimum Gasteiger partial charge on any atom is -0.472 e. The Morgan fingerprint density at radius 3 is 2.44 bits per heavy atom. The smallest absolute Gasteiger partial charge is 0.261 e. The molecule has 1 aliphatic rings. The minimum absolute atomic E-state index is 0.0790. The molecule has 0 radical (unpaired) electrons. The molecule has 1 aliphatic heterocycles. The summed E-state index contributed by atoms with van der Waals surface area (Å²) in [6, 6.07) is 11.4. The molecule has 0 spiro atoms. The van der Waals surface area contributed by atoms with Crippen LogP contribution < -0.4 is 15.4 Å². The van der Waals surface area contributed by atoms with Crippen LogP contribution in [0.5, 0.6) is 0 Å². The fourth-order valence-electron chi connectivity index (χ4n) is 5.29. The first-order valence-electron chi connectivity index (χ1n) is 13.2. The molecule has 9 heteroatoms. The quantitative estimate of drug-likeness (QED) is 0.310. The Kier molecular flexibility index (Phi) is 6.94. The molecule has 0 bridgehead atoms. The number of nitrogens with zero attached hydrogens (tertiary/aromatic N) is 4. The number of pyridine rings is 1. The summed E-state index contributed by atoms with van der Waals surface area (Å²) >= 11 is 0. The number of hydrogen-bond acceptors (Lipinski definition) is 6. The molecule has 0 atom stereocenters. The Bertz CT molecular complexity index is 1580. The van der Waals surface area contributed by atoms with Crippen LogP contribution in [0.25, 0.3) is 11.0 Å².